The van der Waals surface area contributed by atoms with Crippen molar-refractivity contribution in [1.82, 2.24) is 5.32 Å². The van der Waals surface area contributed by atoms with Crippen LogP contribution in [0.4, 0.5) is 0 Å². The van der Waals surface area contributed by atoms with Gasteiger partial charge in [0.15, 0.2) is 0 Å². The van der Waals surface area contributed by atoms with E-state index in [1.54, 1.807) is 0 Å². The van der Waals surface area contributed by atoms with Crippen LogP contribution in [0.25, 0.3) is 0 Å². The lowest BCUT2D eigenvalue weighted by atomic mass is 10.2. The highest BCUT2D eigenvalue weighted by Crippen LogP contribution is 2.25. The summed E-state index contributed by atoms with van der Waals surface area (Å²) in [5.74, 6) is 0.0681. The molecule has 0 bridgehead atoms. The third-order valence-corrected chi connectivity index (χ3v) is 3.30. The molecule has 0 amide bonds. The molecule has 0 fully saturated rings. The Labute approximate surface area is 105 Å². The van der Waals surface area contributed by atoms with Crippen molar-refractivity contribution in [3.8, 4) is 0 Å². The number of nitrogens with one attached hydrogen (secondary N) is 1. The minimum Gasteiger partial charge on any atom is -0.468 e. The largest absolute Gasteiger partial charge is 0.468 e. The number of halogens is 1. The Kier molecular flexibility index (Phi) is 5.66. The van der Waals surface area contributed by atoms with Crippen molar-refractivity contribution in [3.63, 3.8) is 0 Å². The molecule has 0 aliphatic carbocycles. The number of ether oxygens (including phenoxy) is 1. The molecule has 0 unspecified atom stereocenters. The minimum absolute atomic E-state index is 0.236. The molecular formula is C11H14ClNO2S. The predicted octanol–water partition coefficient (Wildman–Crippen LogP) is 2.32. The van der Waals surface area contributed by atoms with Gasteiger partial charge >= 0.3 is 5.97 Å². The first-order valence-corrected chi connectivity index (χ1v) is 6.16. The maximum atomic E-state index is 11.0. The van der Waals surface area contributed by atoms with Crippen molar-refractivity contribution in [2.45, 2.75) is 11.4 Å². The van der Waals surface area contributed by atoms with E-state index in [1.807, 2.05) is 25.2 Å². The highest BCUT2D eigenvalue weighted by Gasteiger charge is 2.04. The van der Waals surface area contributed by atoms with Crippen molar-refractivity contribution in [3.05, 3.63) is 28.8 Å². The van der Waals surface area contributed by atoms with E-state index in [-0.39, 0.29) is 5.97 Å². The second-order valence-corrected chi connectivity index (χ2v) is 4.60. The molecule has 0 heterocycles. The Bertz CT molecular complexity index is 371. The van der Waals surface area contributed by atoms with Crippen LogP contribution in [0.1, 0.15) is 5.56 Å². The van der Waals surface area contributed by atoms with Gasteiger partial charge in [0.05, 0.1) is 12.9 Å². The van der Waals surface area contributed by atoms with Crippen molar-refractivity contribution in [2.75, 3.05) is 19.9 Å². The molecule has 3 nitrogen and oxygen atoms in total. The molecule has 88 valence electrons. The van der Waals surface area contributed by atoms with Crippen LogP contribution in [0.15, 0.2) is 23.1 Å². The van der Waals surface area contributed by atoms with Crippen molar-refractivity contribution in [1.29, 1.82) is 0 Å². The smallest absolute Gasteiger partial charge is 0.315 e. The molecule has 1 aromatic carbocycles. The Morgan fingerprint density at radius 3 is 2.88 bits per heavy atom. The molecule has 1 rings (SSSR count). The van der Waals surface area contributed by atoms with E-state index in [0.717, 1.165) is 17.0 Å². The predicted molar refractivity (Wildman–Crippen MR) is 67.0 cm³/mol. The topological polar surface area (TPSA) is 38.3 Å². The van der Waals surface area contributed by atoms with E-state index in [4.69, 9.17) is 11.6 Å². The summed E-state index contributed by atoms with van der Waals surface area (Å²) in [7, 11) is 3.25. The van der Waals surface area contributed by atoms with Gasteiger partial charge in [0, 0.05) is 16.5 Å². The van der Waals surface area contributed by atoms with Gasteiger partial charge in [-0.3, -0.25) is 4.79 Å². The first-order valence-electron chi connectivity index (χ1n) is 4.80. The number of rotatable bonds is 5. The number of hydrogen-bond donors (Lipinski definition) is 1. The van der Waals surface area contributed by atoms with Crippen LogP contribution in [0.2, 0.25) is 5.02 Å². The molecule has 5 heteroatoms. The zero-order valence-electron chi connectivity index (χ0n) is 9.25. The monoisotopic (exact) mass is 259 g/mol. The lowest BCUT2D eigenvalue weighted by Gasteiger charge is -2.06. The first kappa shape index (κ1) is 13.4. The van der Waals surface area contributed by atoms with E-state index < -0.39 is 0 Å². The van der Waals surface area contributed by atoms with Crippen LogP contribution < -0.4 is 5.32 Å². The van der Waals surface area contributed by atoms with E-state index in [2.05, 4.69) is 10.1 Å². The number of esters is 1. The number of hydrogen-bond acceptors (Lipinski definition) is 4. The average Bonchev–Trinajstić information content (AvgIpc) is 2.29. The van der Waals surface area contributed by atoms with Crippen molar-refractivity contribution in [2.24, 2.45) is 0 Å². The van der Waals surface area contributed by atoms with Crippen molar-refractivity contribution >= 4 is 29.3 Å². The summed E-state index contributed by atoms with van der Waals surface area (Å²) in [5, 5.41) is 3.75. The molecule has 0 saturated heterocycles. The first-order chi connectivity index (χ1) is 7.67. The van der Waals surface area contributed by atoms with Crippen LogP contribution in [0.5, 0.6) is 0 Å². The molecular weight excluding hydrogens is 246 g/mol. The summed E-state index contributed by atoms with van der Waals surface area (Å²) in [5.41, 5.74) is 1.05. The Morgan fingerprint density at radius 2 is 2.31 bits per heavy atom. The van der Waals surface area contributed by atoms with E-state index in [0.29, 0.717) is 10.8 Å². The quantitative estimate of drug-likeness (QED) is 0.651. The Balaban J connectivity index is 2.62. The Hall–Kier alpha value is -0.710. The van der Waals surface area contributed by atoms with Gasteiger partial charge in [-0.2, -0.15) is 0 Å². The van der Waals surface area contributed by atoms with Gasteiger partial charge in [-0.15, -0.1) is 11.8 Å². The van der Waals surface area contributed by atoms with Gasteiger partial charge in [-0.1, -0.05) is 17.7 Å². The molecule has 0 spiro atoms. The van der Waals surface area contributed by atoms with Gasteiger partial charge in [0.1, 0.15) is 0 Å². The standard InChI is InChI=1S/C11H14ClNO2S/c1-13-6-8-3-4-9(5-10(8)12)16-7-11(14)15-2/h3-5,13H,6-7H2,1-2H3. The fourth-order valence-electron chi connectivity index (χ4n) is 1.15. The van der Waals surface area contributed by atoms with Crippen LogP contribution in [0.3, 0.4) is 0 Å². The molecule has 16 heavy (non-hydrogen) atoms. The summed E-state index contributed by atoms with van der Waals surface area (Å²) >= 11 is 7.50. The molecule has 0 aliphatic heterocycles. The fraction of sp³-hybridized carbons (Fsp3) is 0.364. The number of thioether (sulfide) groups is 1. The second-order valence-electron chi connectivity index (χ2n) is 3.15. The van der Waals surface area contributed by atoms with Gasteiger partial charge in [0.25, 0.3) is 0 Å². The summed E-state index contributed by atoms with van der Waals surface area (Å²) in [4.78, 5) is 11.9. The lowest BCUT2D eigenvalue weighted by molar-refractivity contribution is -0.137. The Morgan fingerprint density at radius 1 is 1.56 bits per heavy atom. The minimum atomic E-state index is -0.236. The third-order valence-electron chi connectivity index (χ3n) is 1.98. The molecule has 1 aromatic rings. The summed E-state index contributed by atoms with van der Waals surface area (Å²) < 4.78 is 4.56. The highest BCUT2D eigenvalue weighted by molar-refractivity contribution is 8.00. The van der Waals surface area contributed by atoms with Gasteiger partial charge < -0.3 is 10.1 Å². The maximum absolute atomic E-state index is 11.0. The van der Waals surface area contributed by atoms with Crippen molar-refractivity contribution < 1.29 is 9.53 Å². The van der Waals surface area contributed by atoms with E-state index >= 15 is 0 Å². The maximum Gasteiger partial charge on any atom is 0.315 e. The molecule has 0 atom stereocenters. The number of carbonyl (C=O) groups excluding carboxylic acids is 1. The zero-order valence-corrected chi connectivity index (χ0v) is 10.8. The van der Waals surface area contributed by atoms with Crippen LogP contribution in [0, 0.1) is 0 Å². The summed E-state index contributed by atoms with van der Waals surface area (Å²) in [6.07, 6.45) is 0. The molecule has 0 radical (unpaired) electrons. The second kappa shape index (κ2) is 6.78. The van der Waals surface area contributed by atoms with Crippen LogP contribution in [-0.2, 0) is 16.1 Å². The highest BCUT2D eigenvalue weighted by atomic mass is 35.5. The summed E-state index contributed by atoms with van der Waals surface area (Å²) in [6, 6.07) is 5.77. The SMILES string of the molecule is CNCc1ccc(SCC(=O)OC)cc1Cl. The van der Waals surface area contributed by atoms with E-state index in [1.165, 1.54) is 18.9 Å². The molecule has 0 aliphatic rings. The zero-order chi connectivity index (χ0) is 12.0. The fourth-order valence-corrected chi connectivity index (χ4v) is 2.23. The van der Waals surface area contributed by atoms with Crippen LogP contribution >= 0.6 is 23.4 Å². The molecule has 1 N–H and O–H groups in total. The third kappa shape index (κ3) is 4.04. The lowest BCUT2D eigenvalue weighted by Crippen LogP contribution is -2.05. The van der Waals surface area contributed by atoms with Gasteiger partial charge in [0.2, 0.25) is 0 Å². The normalized spacial score (nSPS) is 10.2. The molecule has 0 saturated carbocycles. The number of methoxy groups -OCH3 is 1. The molecule has 0 aromatic heterocycles. The summed E-state index contributed by atoms with van der Waals surface area (Å²) in [6.45, 7) is 0.737. The number of carbonyl (C=O) groups is 1. The van der Waals surface area contributed by atoms with E-state index in [9.17, 15) is 4.79 Å². The van der Waals surface area contributed by atoms with Gasteiger partial charge in [-0.25, -0.2) is 0 Å². The van der Waals surface area contributed by atoms with Crippen LogP contribution in [-0.4, -0.2) is 25.9 Å². The van der Waals surface area contributed by atoms with Gasteiger partial charge in [-0.05, 0) is 24.7 Å². The average molecular weight is 260 g/mol. The number of benzene rings is 1.